The van der Waals surface area contributed by atoms with Crippen molar-refractivity contribution in [3.05, 3.63) is 24.3 Å². The second-order valence-electron chi connectivity index (χ2n) is 3.51. The van der Waals surface area contributed by atoms with Crippen LogP contribution >= 0.6 is 0 Å². The van der Waals surface area contributed by atoms with Gasteiger partial charge in [0.15, 0.2) is 22.8 Å². The van der Waals surface area contributed by atoms with Crippen molar-refractivity contribution in [1.29, 1.82) is 0 Å². The number of rotatable bonds is 1. The van der Waals surface area contributed by atoms with Crippen LogP contribution in [0.1, 0.15) is 13.8 Å². The van der Waals surface area contributed by atoms with Gasteiger partial charge in [-0.05, 0) is 26.0 Å². The van der Waals surface area contributed by atoms with Crippen molar-refractivity contribution in [3.8, 4) is 0 Å². The molecule has 0 aromatic heterocycles. The lowest BCUT2D eigenvalue weighted by molar-refractivity contribution is -0.122. The molecule has 0 aromatic rings. The van der Waals surface area contributed by atoms with Crippen LogP contribution < -0.4 is 0 Å². The number of Topliss-reactive ketones (excluding diaryl/α,β-unsaturated/α-hetero) is 1. The Morgan fingerprint density at radius 1 is 1.46 bits per heavy atom. The third-order valence-electron chi connectivity index (χ3n) is 2.76. The normalized spacial score (nSPS) is 41.2. The van der Waals surface area contributed by atoms with Crippen molar-refractivity contribution in [2.45, 2.75) is 25.0 Å². The zero-order chi connectivity index (χ0) is 9.69. The topological polar surface area (TPSA) is 46.7 Å². The summed E-state index contributed by atoms with van der Waals surface area (Å²) in [6.45, 7) is 3.09. The van der Waals surface area contributed by atoms with Gasteiger partial charge in [-0.25, -0.2) is 0 Å². The van der Waals surface area contributed by atoms with Gasteiger partial charge in [0.1, 0.15) is 0 Å². The van der Waals surface area contributed by atoms with E-state index in [-0.39, 0.29) is 11.6 Å². The highest BCUT2D eigenvalue weighted by Gasteiger charge is 2.72. The summed E-state index contributed by atoms with van der Waals surface area (Å²) in [5, 5.41) is 0. The van der Waals surface area contributed by atoms with Crippen molar-refractivity contribution >= 4 is 11.6 Å². The molecule has 68 valence electrons. The Kier molecular flexibility index (Phi) is 1.40. The van der Waals surface area contributed by atoms with Gasteiger partial charge in [-0.1, -0.05) is 12.2 Å². The summed E-state index contributed by atoms with van der Waals surface area (Å²) >= 11 is 0. The second kappa shape index (κ2) is 2.17. The van der Waals surface area contributed by atoms with Crippen molar-refractivity contribution in [1.82, 2.24) is 0 Å². The first kappa shape index (κ1) is 8.38. The molecule has 1 aliphatic carbocycles. The van der Waals surface area contributed by atoms with Crippen LogP contribution in [0.15, 0.2) is 24.3 Å². The van der Waals surface area contributed by atoms with Gasteiger partial charge in [0.2, 0.25) is 0 Å². The Morgan fingerprint density at radius 3 is 2.62 bits per heavy atom. The van der Waals surface area contributed by atoms with Crippen LogP contribution in [0.3, 0.4) is 0 Å². The van der Waals surface area contributed by atoms with Crippen LogP contribution in [0.2, 0.25) is 0 Å². The van der Waals surface area contributed by atoms with E-state index >= 15 is 0 Å². The molecule has 1 fully saturated rings. The maximum absolute atomic E-state index is 11.5. The van der Waals surface area contributed by atoms with Crippen molar-refractivity contribution in [2.75, 3.05) is 0 Å². The fourth-order valence-electron chi connectivity index (χ4n) is 1.65. The highest BCUT2D eigenvalue weighted by molar-refractivity contribution is 6.10. The summed E-state index contributed by atoms with van der Waals surface area (Å²) in [4.78, 5) is 22.7. The number of hydrogen-bond donors (Lipinski definition) is 0. The number of hydrogen-bond acceptors (Lipinski definition) is 3. The van der Waals surface area contributed by atoms with Crippen LogP contribution in [0, 0.1) is 0 Å². The minimum absolute atomic E-state index is 0.110. The zero-order valence-electron chi connectivity index (χ0n) is 7.53. The van der Waals surface area contributed by atoms with Gasteiger partial charge in [-0.15, -0.1) is 0 Å². The lowest BCUT2D eigenvalue weighted by Gasteiger charge is -2.09. The molecule has 13 heavy (non-hydrogen) atoms. The Bertz CT molecular complexity index is 353. The molecule has 3 nitrogen and oxygen atoms in total. The average molecular weight is 178 g/mol. The largest absolute Gasteiger partial charge is 0.341 e. The summed E-state index contributed by atoms with van der Waals surface area (Å²) in [5.41, 5.74) is -1.93. The smallest absolute Gasteiger partial charge is 0.194 e. The molecule has 2 rings (SSSR count). The van der Waals surface area contributed by atoms with Crippen LogP contribution in [0.25, 0.3) is 0 Å². The second-order valence-corrected chi connectivity index (χ2v) is 3.51. The van der Waals surface area contributed by atoms with Gasteiger partial charge in [0.05, 0.1) is 0 Å². The maximum atomic E-state index is 11.5. The predicted octanol–water partition coefficient (Wildman–Crippen LogP) is 0.798. The van der Waals surface area contributed by atoms with Crippen molar-refractivity contribution in [3.63, 3.8) is 0 Å². The van der Waals surface area contributed by atoms with Gasteiger partial charge in [-0.3, -0.25) is 9.59 Å². The molecule has 0 aromatic carbocycles. The van der Waals surface area contributed by atoms with Gasteiger partial charge in [0, 0.05) is 0 Å². The number of allylic oxidation sites excluding steroid dienone is 2. The van der Waals surface area contributed by atoms with E-state index in [1.807, 2.05) is 0 Å². The summed E-state index contributed by atoms with van der Waals surface area (Å²) < 4.78 is 5.27. The van der Waals surface area contributed by atoms with E-state index in [1.54, 1.807) is 25.2 Å². The molecule has 2 aliphatic rings. The first-order valence-corrected chi connectivity index (χ1v) is 4.14. The van der Waals surface area contributed by atoms with E-state index in [9.17, 15) is 9.59 Å². The molecule has 1 aliphatic heterocycles. The molecule has 3 heteroatoms. The van der Waals surface area contributed by atoms with Crippen LogP contribution in [0.4, 0.5) is 0 Å². The summed E-state index contributed by atoms with van der Waals surface area (Å²) in [7, 11) is 0. The fourth-order valence-corrected chi connectivity index (χ4v) is 1.65. The molecule has 1 saturated heterocycles. The van der Waals surface area contributed by atoms with Gasteiger partial charge < -0.3 is 4.74 Å². The minimum atomic E-state index is -0.992. The Hall–Kier alpha value is -1.22. The lowest BCUT2D eigenvalue weighted by atomic mass is 9.85. The van der Waals surface area contributed by atoms with Gasteiger partial charge in [-0.2, -0.15) is 0 Å². The molecular formula is C10H10O3. The number of ether oxygens (including phenoxy) is 1. The third-order valence-corrected chi connectivity index (χ3v) is 2.76. The number of epoxide rings is 1. The Balaban J connectivity index is 2.38. The summed E-state index contributed by atoms with van der Waals surface area (Å²) in [6.07, 6.45) is 6.47. The first-order valence-electron chi connectivity index (χ1n) is 4.14. The van der Waals surface area contributed by atoms with Crippen LogP contribution in [-0.4, -0.2) is 22.8 Å². The molecular weight excluding hydrogens is 168 g/mol. The number of ketones is 2. The van der Waals surface area contributed by atoms with E-state index < -0.39 is 11.2 Å². The SMILES string of the molecule is CC(=O)[C@]1(C)OC12C=CC=CC2=O. The standard InChI is InChI=1S/C10H10O3/c1-7(11)9(2)10(13-9)6-4-3-5-8(10)12/h3-6H,1-2H3/t9-,10?/m0/s1. The Labute approximate surface area is 76.1 Å². The average Bonchev–Trinajstić information content (AvgIpc) is 2.67. The van der Waals surface area contributed by atoms with E-state index in [0.717, 1.165) is 0 Å². The monoisotopic (exact) mass is 178 g/mol. The van der Waals surface area contributed by atoms with Crippen molar-refractivity contribution < 1.29 is 14.3 Å². The maximum Gasteiger partial charge on any atom is 0.194 e. The molecule has 0 N–H and O–H groups in total. The van der Waals surface area contributed by atoms with E-state index in [0.29, 0.717) is 0 Å². The molecule has 0 amide bonds. The summed E-state index contributed by atoms with van der Waals surface area (Å²) in [6, 6.07) is 0. The quantitative estimate of drug-likeness (QED) is 0.558. The highest BCUT2D eigenvalue weighted by atomic mass is 16.6. The molecule has 2 atom stereocenters. The third kappa shape index (κ3) is 0.823. The van der Waals surface area contributed by atoms with Crippen LogP contribution in [-0.2, 0) is 14.3 Å². The lowest BCUT2D eigenvalue weighted by Crippen LogP contribution is -2.35. The van der Waals surface area contributed by atoms with E-state index in [1.165, 1.54) is 13.0 Å². The molecule has 1 heterocycles. The molecule has 0 bridgehead atoms. The number of carbonyl (C=O) groups is 2. The fraction of sp³-hybridized carbons (Fsp3) is 0.400. The minimum Gasteiger partial charge on any atom is -0.341 e. The molecule has 0 radical (unpaired) electrons. The van der Waals surface area contributed by atoms with Gasteiger partial charge in [0.25, 0.3) is 0 Å². The molecule has 0 saturated carbocycles. The van der Waals surface area contributed by atoms with Crippen LogP contribution in [0.5, 0.6) is 0 Å². The number of carbonyl (C=O) groups excluding carboxylic acids is 2. The summed E-state index contributed by atoms with van der Waals surface area (Å²) in [5.74, 6) is -0.256. The predicted molar refractivity (Wildman–Crippen MR) is 46.2 cm³/mol. The van der Waals surface area contributed by atoms with E-state index in [2.05, 4.69) is 0 Å². The van der Waals surface area contributed by atoms with Gasteiger partial charge >= 0.3 is 0 Å². The molecule has 1 spiro atoms. The van der Waals surface area contributed by atoms with Crippen molar-refractivity contribution in [2.24, 2.45) is 0 Å². The van der Waals surface area contributed by atoms with E-state index in [4.69, 9.17) is 4.74 Å². The Morgan fingerprint density at radius 2 is 2.15 bits per heavy atom. The molecule has 1 unspecified atom stereocenters. The zero-order valence-corrected chi connectivity index (χ0v) is 7.53. The first-order chi connectivity index (χ1) is 6.03. The highest BCUT2D eigenvalue weighted by Crippen LogP contribution is 2.51.